The summed E-state index contributed by atoms with van der Waals surface area (Å²) in [7, 11) is 0. The largest absolute Gasteiger partial charge is 0.399 e. The molecule has 1 saturated heterocycles. The number of nitrogens with one attached hydrogen (secondary N) is 1. The number of nitrogens with zero attached hydrogens (tertiary/aromatic N) is 2. The number of carbonyl (C=O) groups is 1. The lowest BCUT2D eigenvalue weighted by molar-refractivity contribution is -0.123. The highest BCUT2D eigenvalue weighted by atomic mass is 16.2. The minimum Gasteiger partial charge on any atom is -0.399 e. The average Bonchev–Trinajstić information content (AvgIpc) is 2.46. The van der Waals surface area contributed by atoms with Gasteiger partial charge in [0.2, 0.25) is 5.91 Å². The summed E-state index contributed by atoms with van der Waals surface area (Å²) in [6, 6.07) is 9.50. The van der Waals surface area contributed by atoms with Gasteiger partial charge in [0.25, 0.3) is 0 Å². The molecule has 1 atom stereocenters. The third kappa shape index (κ3) is 2.15. The SMILES string of the molecule is CCC1C(=O)NCCN1c1ccc2cc(N)ccc2n1. The number of benzene rings is 1. The lowest BCUT2D eigenvalue weighted by Gasteiger charge is -2.35. The monoisotopic (exact) mass is 270 g/mol. The Morgan fingerprint density at radius 3 is 3.05 bits per heavy atom. The van der Waals surface area contributed by atoms with Gasteiger partial charge >= 0.3 is 0 Å². The first-order chi connectivity index (χ1) is 9.69. The summed E-state index contributed by atoms with van der Waals surface area (Å²) in [6.07, 6.45) is 0.771. The molecule has 1 aliphatic heterocycles. The number of hydrogen-bond donors (Lipinski definition) is 2. The highest BCUT2D eigenvalue weighted by Crippen LogP contribution is 2.23. The predicted molar refractivity (Wildman–Crippen MR) is 80.6 cm³/mol. The van der Waals surface area contributed by atoms with Crippen LogP contribution in [-0.4, -0.2) is 30.0 Å². The van der Waals surface area contributed by atoms with E-state index in [9.17, 15) is 4.79 Å². The van der Waals surface area contributed by atoms with Gasteiger partial charge < -0.3 is 16.0 Å². The van der Waals surface area contributed by atoms with E-state index in [0.29, 0.717) is 6.54 Å². The van der Waals surface area contributed by atoms with Crippen LogP contribution in [0.15, 0.2) is 30.3 Å². The van der Waals surface area contributed by atoms with Gasteiger partial charge in [0.05, 0.1) is 5.52 Å². The van der Waals surface area contributed by atoms with Crippen LogP contribution in [0, 0.1) is 0 Å². The number of aromatic nitrogens is 1. The molecule has 5 nitrogen and oxygen atoms in total. The van der Waals surface area contributed by atoms with E-state index in [0.717, 1.165) is 35.4 Å². The van der Waals surface area contributed by atoms with E-state index >= 15 is 0 Å². The fraction of sp³-hybridized carbons (Fsp3) is 0.333. The minimum atomic E-state index is -0.137. The van der Waals surface area contributed by atoms with Crippen LogP contribution >= 0.6 is 0 Å². The van der Waals surface area contributed by atoms with Crippen molar-refractivity contribution < 1.29 is 4.79 Å². The number of amides is 1. The Hall–Kier alpha value is -2.30. The van der Waals surface area contributed by atoms with E-state index in [1.54, 1.807) is 0 Å². The molecule has 2 aromatic rings. The van der Waals surface area contributed by atoms with Crippen molar-refractivity contribution in [2.75, 3.05) is 23.7 Å². The van der Waals surface area contributed by atoms with E-state index in [2.05, 4.69) is 15.2 Å². The summed E-state index contributed by atoms with van der Waals surface area (Å²) in [5, 5.41) is 3.92. The molecule has 0 radical (unpaired) electrons. The summed E-state index contributed by atoms with van der Waals surface area (Å²) in [4.78, 5) is 18.7. The quantitative estimate of drug-likeness (QED) is 0.812. The molecule has 3 N–H and O–H groups in total. The van der Waals surface area contributed by atoms with E-state index < -0.39 is 0 Å². The first-order valence-corrected chi connectivity index (χ1v) is 6.89. The fourth-order valence-electron chi connectivity index (χ4n) is 2.69. The van der Waals surface area contributed by atoms with Crippen LogP contribution < -0.4 is 16.0 Å². The van der Waals surface area contributed by atoms with Gasteiger partial charge in [-0.05, 0) is 36.8 Å². The molecule has 1 fully saturated rings. The summed E-state index contributed by atoms with van der Waals surface area (Å²) in [6.45, 7) is 3.47. The van der Waals surface area contributed by atoms with Gasteiger partial charge in [-0.1, -0.05) is 6.92 Å². The predicted octanol–water partition coefficient (Wildman–Crippen LogP) is 1.53. The van der Waals surface area contributed by atoms with E-state index in [-0.39, 0.29) is 11.9 Å². The zero-order valence-corrected chi connectivity index (χ0v) is 11.5. The molecule has 104 valence electrons. The van der Waals surface area contributed by atoms with Crippen molar-refractivity contribution in [1.29, 1.82) is 0 Å². The molecule has 1 aliphatic rings. The Morgan fingerprint density at radius 2 is 2.25 bits per heavy atom. The van der Waals surface area contributed by atoms with Crippen LogP contribution in [0.1, 0.15) is 13.3 Å². The first kappa shape index (κ1) is 12.7. The van der Waals surface area contributed by atoms with Gasteiger partial charge in [-0.3, -0.25) is 4.79 Å². The van der Waals surface area contributed by atoms with E-state index in [1.165, 1.54) is 0 Å². The Balaban J connectivity index is 2.00. The molecular weight excluding hydrogens is 252 g/mol. The van der Waals surface area contributed by atoms with Crippen molar-refractivity contribution >= 4 is 28.3 Å². The zero-order chi connectivity index (χ0) is 14.1. The van der Waals surface area contributed by atoms with Gasteiger partial charge in [0.1, 0.15) is 11.9 Å². The zero-order valence-electron chi connectivity index (χ0n) is 11.5. The van der Waals surface area contributed by atoms with Crippen LogP contribution in [-0.2, 0) is 4.79 Å². The standard InChI is InChI=1S/C15H18N4O/c1-2-13-15(20)17-7-8-19(13)14-6-3-10-9-11(16)4-5-12(10)18-14/h3-6,9,13H,2,7-8,16H2,1H3,(H,17,20). The molecule has 0 saturated carbocycles. The number of nitrogens with two attached hydrogens (primary N) is 1. The van der Waals surface area contributed by atoms with E-state index in [1.807, 2.05) is 37.3 Å². The Morgan fingerprint density at radius 1 is 1.40 bits per heavy atom. The molecule has 0 aliphatic carbocycles. The van der Waals surface area contributed by atoms with Crippen LogP contribution in [0.5, 0.6) is 0 Å². The molecule has 0 bridgehead atoms. The second-order valence-electron chi connectivity index (χ2n) is 5.03. The van der Waals surface area contributed by atoms with Crippen LogP contribution in [0.2, 0.25) is 0 Å². The summed E-state index contributed by atoms with van der Waals surface area (Å²) in [5.74, 6) is 0.932. The molecule has 5 heteroatoms. The van der Waals surface area contributed by atoms with Gasteiger partial charge in [-0.2, -0.15) is 0 Å². The Bertz CT molecular complexity index is 655. The van der Waals surface area contributed by atoms with Crippen molar-refractivity contribution in [1.82, 2.24) is 10.3 Å². The number of pyridine rings is 1. The molecule has 20 heavy (non-hydrogen) atoms. The van der Waals surface area contributed by atoms with Gasteiger partial charge in [-0.25, -0.2) is 4.98 Å². The molecule has 3 rings (SSSR count). The van der Waals surface area contributed by atoms with Crippen LogP contribution in [0.4, 0.5) is 11.5 Å². The maximum absolute atomic E-state index is 11.9. The fourth-order valence-corrected chi connectivity index (χ4v) is 2.69. The second kappa shape index (κ2) is 5.00. The average molecular weight is 270 g/mol. The number of hydrogen-bond acceptors (Lipinski definition) is 4. The molecule has 1 amide bonds. The van der Waals surface area contributed by atoms with Crippen molar-refractivity contribution in [3.8, 4) is 0 Å². The number of rotatable bonds is 2. The topological polar surface area (TPSA) is 71.2 Å². The lowest BCUT2D eigenvalue weighted by atomic mass is 10.1. The molecule has 0 spiro atoms. The number of piperazine rings is 1. The molecule has 2 heterocycles. The van der Waals surface area contributed by atoms with Crippen molar-refractivity contribution in [2.24, 2.45) is 0 Å². The summed E-state index contributed by atoms with van der Waals surface area (Å²) in [5.41, 5.74) is 7.41. The normalized spacial score (nSPS) is 19.1. The Labute approximate surface area is 117 Å². The van der Waals surface area contributed by atoms with Gasteiger partial charge in [0, 0.05) is 24.2 Å². The molecule has 1 aromatic carbocycles. The highest BCUT2D eigenvalue weighted by molar-refractivity contribution is 5.87. The van der Waals surface area contributed by atoms with Crippen molar-refractivity contribution in [3.05, 3.63) is 30.3 Å². The number of anilines is 2. The maximum Gasteiger partial charge on any atom is 0.242 e. The highest BCUT2D eigenvalue weighted by Gasteiger charge is 2.28. The Kier molecular flexibility index (Phi) is 3.18. The van der Waals surface area contributed by atoms with Gasteiger partial charge in [-0.15, -0.1) is 0 Å². The van der Waals surface area contributed by atoms with Crippen LogP contribution in [0.3, 0.4) is 0 Å². The number of nitrogen functional groups attached to an aromatic ring is 1. The van der Waals surface area contributed by atoms with Crippen molar-refractivity contribution in [3.63, 3.8) is 0 Å². The lowest BCUT2D eigenvalue weighted by Crippen LogP contribution is -2.55. The smallest absolute Gasteiger partial charge is 0.242 e. The first-order valence-electron chi connectivity index (χ1n) is 6.89. The van der Waals surface area contributed by atoms with Crippen LogP contribution in [0.25, 0.3) is 10.9 Å². The molecular formula is C15H18N4O. The number of carbonyl (C=O) groups excluding carboxylic acids is 1. The van der Waals surface area contributed by atoms with Gasteiger partial charge in [0.15, 0.2) is 0 Å². The third-order valence-electron chi connectivity index (χ3n) is 3.71. The summed E-state index contributed by atoms with van der Waals surface area (Å²) < 4.78 is 0. The molecule has 1 unspecified atom stereocenters. The van der Waals surface area contributed by atoms with E-state index in [4.69, 9.17) is 5.73 Å². The number of fused-ring (bicyclic) bond motifs is 1. The maximum atomic E-state index is 11.9. The minimum absolute atomic E-state index is 0.0814. The third-order valence-corrected chi connectivity index (χ3v) is 3.71. The summed E-state index contributed by atoms with van der Waals surface area (Å²) >= 11 is 0. The van der Waals surface area contributed by atoms with Crippen molar-refractivity contribution in [2.45, 2.75) is 19.4 Å². The second-order valence-corrected chi connectivity index (χ2v) is 5.03. The molecule has 1 aromatic heterocycles.